The van der Waals surface area contributed by atoms with Crippen LogP contribution in [0.15, 0.2) is 59.1 Å². The summed E-state index contributed by atoms with van der Waals surface area (Å²) in [5.41, 5.74) is 2.20. The minimum Gasteiger partial charge on any atom is -0.326 e. The van der Waals surface area contributed by atoms with Gasteiger partial charge in [0, 0.05) is 22.6 Å². The number of nitrogens with zero attached hydrogens (tertiary/aromatic N) is 1. The third-order valence-electron chi connectivity index (χ3n) is 4.30. The van der Waals surface area contributed by atoms with Gasteiger partial charge in [-0.05, 0) is 49.7 Å². The molecule has 23 heavy (non-hydrogen) atoms. The highest BCUT2D eigenvalue weighted by Crippen LogP contribution is 2.22. The fraction of sp³-hybridized carbons (Fsp3) is 0.316. The lowest BCUT2D eigenvalue weighted by Crippen LogP contribution is -2.37. The quantitative estimate of drug-likeness (QED) is 0.867. The van der Waals surface area contributed by atoms with E-state index in [-0.39, 0.29) is 11.8 Å². The molecule has 0 unspecified atom stereocenters. The van der Waals surface area contributed by atoms with Crippen LogP contribution in [-0.4, -0.2) is 23.9 Å². The van der Waals surface area contributed by atoms with Crippen LogP contribution in [0.4, 0.5) is 5.69 Å². The maximum atomic E-state index is 12.4. The van der Waals surface area contributed by atoms with Gasteiger partial charge in [0.1, 0.15) is 0 Å². The Balaban J connectivity index is 1.49. The number of halogens is 1. The first-order valence-corrected chi connectivity index (χ1v) is 8.83. The highest BCUT2D eigenvalue weighted by molar-refractivity contribution is 9.10. The Kier molecular flexibility index (Phi) is 5.47. The summed E-state index contributed by atoms with van der Waals surface area (Å²) in [7, 11) is 0. The molecule has 1 aliphatic rings. The van der Waals surface area contributed by atoms with Crippen molar-refractivity contribution in [3.05, 3.63) is 64.6 Å². The minimum atomic E-state index is 0.112. The predicted octanol–water partition coefficient (Wildman–Crippen LogP) is 4.30. The maximum absolute atomic E-state index is 12.4. The van der Waals surface area contributed by atoms with E-state index in [2.05, 4.69) is 50.4 Å². The molecule has 1 heterocycles. The van der Waals surface area contributed by atoms with Gasteiger partial charge in [-0.15, -0.1) is 0 Å². The SMILES string of the molecule is O=C(Nc1cccc(Br)c1)C1CCN(Cc2ccccc2)CC1. The highest BCUT2D eigenvalue weighted by Gasteiger charge is 2.25. The van der Waals surface area contributed by atoms with Crippen LogP contribution in [0.1, 0.15) is 18.4 Å². The molecule has 1 amide bonds. The Morgan fingerprint density at radius 2 is 1.83 bits per heavy atom. The zero-order valence-electron chi connectivity index (χ0n) is 13.0. The van der Waals surface area contributed by atoms with Crippen molar-refractivity contribution in [1.82, 2.24) is 4.90 Å². The van der Waals surface area contributed by atoms with Crippen molar-refractivity contribution in [1.29, 1.82) is 0 Å². The average molecular weight is 373 g/mol. The molecule has 0 spiro atoms. The van der Waals surface area contributed by atoms with Crippen molar-refractivity contribution in [2.24, 2.45) is 5.92 Å². The summed E-state index contributed by atoms with van der Waals surface area (Å²) >= 11 is 3.43. The zero-order chi connectivity index (χ0) is 16.1. The van der Waals surface area contributed by atoms with Crippen molar-refractivity contribution in [3.63, 3.8) is 0 Å². The number of amides is 1. The zero-order valence-corrected chi connectivity index (χ0v) is 14.6. The van der Waals surface area contributed by atoms with Crippen LogP contribution in [-0.2, 0) is 11.3 Å². The standard InChI is InChI=1S/C19H21BrN2O/c20-17-7-4-8-18(13-17)21-19(23)16-9-11-22(12-10-16)14-15-5-2-1-3-6-15/h1-8,13,16H,9-12,14H2,(H,21,23). The van der Waals surface area contributed by atoms with E-state index in [1.165, 1.54) is 5.56 Å². The summed E-state index contributed by atoms with van der Waals surface area (Å²) < 4.78 is 0.980. The van der Waals surface area contributed by atoms with Crippen LogP contribution < -0.4 is 5.32 Å². The fourth-order valence-corrected chi connectivity index (χ4v) is 3.40. The number of piperidine rings is 1. The summed E-state index contributed by atoms with van der Waals surface area (Å²) in [6, 6.07) is 18.3. The molecule has 0 atom stereocenters. The first-order chi connectivity index (χ1) is 11.2. The molecule has 1 saturated heterocycles. The molecule has 0 saturated carbocycles. The lowest BCUT2D eigenvalue weighted by molar-refractivity contribution is -0.121. The Hall–Kier alpha value is -1.65. The molecule has 0 radical (unpaired) electrons. The van der Waals surface area contributed by atoms with Gasteiger partial charge in [-0.1, -0.05) is 52.3 Å². The largest absolute Gasteiger partial charge is 0.326 e. The van der Waals surface area contributed by atoms with E-state index in [1.54, 1.807) is 0 Å². The molecule has 0 aliphatic carbocycles. The second-order valence-corrected chi connectivity index (χ2v) is 6.95. The Morgan fingerprint density at radius 1 is 1.09 bits per heavy atom. The lowest BCUT2D eigenvalue weighted by atomic mass is 9.95. The smallest absolute Gasteiger partial charge is 0.227 e. The van der Waals surface area contributed by atoms with Crippen LogP contribution in [0.2, 0.25) is 0 Å². The monoisotopic (exact) mass is 372 g/mol. The van der Waals surface area contributed by atoms with E-state index in [9.17, 15) is 4.79 Å². The van der Waals surface area contributed by atoms with Crippen molar-refractivity contribution in [2.45, 2.75) is 19.4 Å². The molecule has 0 bridgehead atoms. The molecular weight excluding hydrogens is 352 g/mol. The third-order valence-corrected chi connectivity index (χ3v) is 4.79. The Morgan fingerprint density at radius 3 is 2.52 bits per heavy atom. The van der Waals surface area contributed by atoms with Gasteiger partial charge in [-0.25, -0.2) is 0 Å². The molecular formula is C19H21BrN2O. The second-order valence-electron chi connectivity index (χ2n) is 6.04. The summed E-state index contributed by atoms with van der Waals surface area (Å²) in [5.74, 6) is 0.253. The lowest BCUT2D eigenvalue weighted by Gasteiger charge is -2.31. The second kappa shape index (κ2) is 7.75. The average Bonchev–Trinajstić information content (AvgIpc) is 2.56. The molecule has 1 fully saturated rings. The molecule has 2 aromatic rings. The Labute approximate surface area is 145 Å². The number of anilines is 1. The van der Waals surface area contributed by atoms with Crippen LogP contribution in [0.3, 0.4) is 0 Å². The predicted molar refractivity (Wildman–Crippen MR) is 97.2 cm³/mol. The van der Waals surface area contributed by atoms with Crippen molar-refractivity contribution in [2.75, 3.05) is 18.4 Å². The van der Waals surface area contributed by atoms with Crippen LogP contribution in [0.25, 0.3) is 0 Å². The van der Waals surface area contributed by atoms with Crippen molar-refractivity contribution < 1.29 is 4.79 Å². The first kappa shape index (κ1) is 16.2. The van der Waals surface area contributed by atoms with Gasteiger partial charge in [-0.2, -0.15) is 0 Å². The van der Waals surface area contributed by atoms with E-state index >= 15 is 0 Å². The first-order valence-electron chi connectivity index (χ1n) is 8.03. The topological polar surface area (TPSA) is 32.3 Å². The van der Waals surface area contributed by atoms with E-state index in [1.807, 2.05) is 30.3 Å². The van der Waals surface area contributed by atoms with Crippen LogP contribution in [0.5, 0.6) is 0 Å². The fourth-order valence-electron chi connectivity index (χ4n) is 3.01. The number of benzene rings is 2. The van der Waals surface area contributed by atoms with Gasteiger partial charge >= 0.3 is 0 Å². The molecule has 0 aromatic heterocycles. The summed E-state index contributed by atoms with van der Waals surface area (Å²) in [5, 5.41) is 3.03. The minimum absolute atomic E-state index is 0.112. The van der Waals surface area contributed by atoms with Gasteiger partial charge < -0.3 is 5.32 Å². The third kappa shape index (κ3) is 4.66. The number of likely N-dealkylation sites (tertiary alicyclic amines) is 1. The Bertz CT molecular complexity index is 651. The molecule has 1 N–H and O–H groups in total. The number of nitrogens with one attached hydrogen (secondary N) is 1. The van der Waals surface area contributed by atoms with Gasteiger partial charge in [0.05, 0.1) is 0 Å². The summed E-state index contributed by atoms with van der Waals surface area (Å²) in [4.78, 5) is 14.8. The van der Waals surface area contributed by atoms with Gasteiger partial charge in [0.15, 0.2) is 0 Å². The van der Waals surface area contributed by atoms with E-state index in [0.29, 0.717) is 0 Å². The van der Waals surface area contributed by atoms with E-state index < -0.39 is 0 Å². The number of hydrogen-bond donors (Lipinski definition) is 1. The summed E-state index contributed by atoms with van der Waals surface area (Å²) in [6.07, 6.45) is 1.85. The number of hydrogen-bond acceptors (Lipinski definition) is 2. The molecule has 3 nitrogen and oxygen atoms in total. The normalized spacial score (nSPS) is 16.2. The van der Waals surface area contributed by atoms with Gasteiger partial charge in [0.25, 0.3) is 0 Å². The summed E-state index contributed by atoms with van der Waals surface area (Å²) in [6.45, 7) is 2.93. The molecule has 2 aromatic carbocycles. The number of carbonyl (C=O) groups excluding carboxylic acids is 1. The van der Waals surface area contributed by atoms with Crippen LogP contribution >= 0.6 is 15.9 Å². The van der Waals surface area contributed by atoms with E-state index in [4.69, 9.17) is 0 Å². The van der Waals surface area contributed by atoms with Crippen molar-refractivity contribution in [3.8, 4) is 0 Å². The van der Waals surface area contributed by atoms with Gasteiger partial charge in [0.2, 0.25) is 5.91 Å². The highest BCUT2D eigenvalue weighted by atomic mass is 79.9. The number of carbonyl (C=O) groups is 1. The molecule has 120 valence electrons. The number of rotatable bonds is 4. The van der Waals surface area contributed by atoms with Gasteiger partial charge in [-0.3, -0.25) is 9.69 Å². The van der Waals surface area contributed by atoms with Crippen LogP contribution in [0, 0.1) is 5.92 Å². The van der Waals surface area contributed by atoms with E-state index in [0.717, 1.165) is 42.6 Å². The maximum Gasteiger partial charge on any atom is 0.227 e. The van der Waals surface area contributed by atoms with Crippen molar-refractivity contribution >= 4 is 27.5 Å². The molecule has 1 aliphatic heterocycles. The molecule has 4 heteroatoms. The molecule has 3 rings (SSSR count).